The zero-order chi connectivity index (χ0) is 11.4. The number of aryl methyl sites for hydroxylation is 1. The van der Waals surface area contributed by atoms with Crippen LogP contribution >= 0.6 is 0 Å². The molecular formula is C13H21N3. The van der Waals surface area contributed by atoms with Crippen LogP contribution in [0.1, 0.15) is 43.4 Å². The van der Waals surface area contributed by atoms with Gasteiger partial charge in [-0.05, 0) is 56.3 Å². The number of nitrogens with zero attached hydrogens (tertiary/aromatic N) is 1. The minimum absolute atomic E-state index is 0.497. The van der Waals surface area contributed by atoms with Crippen molar-refractivity contribution < 1.29 is 0 Å². The van der Waals surface area contributed by atoms with E-state index in [9.17, 15) is 0 Å². The first-order valence-corrected chi connectivity index (χ1v) is 6.20. The molecule has 1 aromatic heterocycles. The lowest BCUT2D eigenvalue weighted by Gasteiger charge is -2.16. The normalized spacial score (nSPS) is 24.9. The van der Waals surface area contributed by atoms with Crippen LogP contribution in [-0.4, -0.2) is 17.6 Å². The average molecular weight is 219 g/mol. The summed E-state index contributed by atoms with van der Waals surface area (Å²) in [6.45, 7) is 3.01. The molecule has 1 fully saturated rings. The smallest absolute Gasteiger partial charge is 0.0341 e. The number of nitrogens with two attached hydrogens (primary N) is 1. The quantitative estimate of drug-likeness (QED) is 0.811. The van der Waals surface area contributed by atoms with Crippen LogP contribution in [0.2, 0.25) is 0 Å². The van der Waals surface area contributed by atoms with Gasteiger partial charge in [0.25, 0.3) is 0 Å². The summed E-state index contributed by atoms with van der Waals surface area (Å²) in [4.78, 5) is 4.25. The van der Waals surface area contributed by atoms with Crippen molar-refractivity contribution in [2.45, 2.75) is 44.7 Å². The van der Waals surface area contributed by atoms with Gasteiger partial charge in [-0.15, -0.1) is 0 Å². The topological polar surface area (TPSA) is 50.9 Å². The van der Waals surface area contributed by atoms with Crippen LogP contribution in [0.5, 0.6) is 0 Å². The molecule has 1 aliphatic rings. The molecular weight excluding hydrogens is 198 g/mol. The molecule has 0 aromatic carbocycles. The van der Waals surface area contributed by atoms with Gasteiger partial charge in [0.15, 0.2) is 0 Å². The molecule has 0 amide bonds. The number of nitrogens with one attached hydrogen (secondary N) is 1. The highest BCUT2D eigenvalue weighted by atomic mass is 15.0. The van der Waals surface area contributed by atoms with Crippen molar-refractivity contribution in [2.24, 2.45) is 5.73 Å². The van der Waals surface area contributed by atoms with Crippen LogP contribution in [0, 0.1) is 0 Å². The Labute approximate surface area is 97.5 Å². The van der Waals surface area contributed by atoms with Crippen molar-refractivity contribution in [3.63, 3.8) is 0 Å². The molecule has 1 aromatic rings. The van der Waals surface area contributed by atoms with Crippen LogP contribution < -0.4 is 11.1 Å². The van der Waals surface area contributed by atoms with Gasteiger partial charge in [-0.1, -0.05) is 0 Å². The monoisotopic (exact) mass is 219 g/mol. The summed E-state index contributed by atoms with van der Waals surface area (Å²) in [6.07, 6.45) is 8.51. The molecule has 1 saturated heterocycles. The molecule has 2 atom stereocenters. The van der Waals surface area contributed by atoms with Crippen LogP contribution in [-0.2, 0) is 6.42 Å². The van der Waals surface area contributed by atoms with Gasteiger partial charge in [-0.3, -0.25) is 4.98 Å². The van der Waals surface area contributed by atoms with E-state index in [4.69, 9.17) is 5.73 Å². The fourth-order valence-electron chi connectivity index (χ4n) is 2.44. The lowest BCUT2D eigenvalue weighted by Crippen LogP contribution is -2.22. The molecule has 3 N–H and O–H groups in total. The largest absolute Gasteiger partial charge is 0.330 e. The van der Waals surface area contributed by atoms with Crippen molar-refractivity contribution in [1.29, 1.82) is 0 Å². The van der Waals surface area contributed by atoms with E-state index in [0.29, 0.717) is 12.1 Å². The fourth-order valence-corrected chi connectivity index (χ4v) is 2.44. The second-order valence-electron chi connectivity index (χ2n) is 4.66. The Morgan fingerprint density at radius 1 is 1.50 bits per heavy atom. The Kier molecular flexibility index (Phi) is 3.91. The lowest BCUT2D eigenvalue weighted by molar-refractivity contribution is 0.578. The van der Waals surface area contributed by atoms with Crippen molar-refractivity contribution in [1.82, 2.24) is 10.3 Å². The minimum Gasteiger partial charge on any atom is -0.330 e. The lowest BCUT2D eigenvalue weighted by atomic mass is 9.98. The fraction of sp³-hybridized carbons (Fsp3) is 0.615. The molecule has 0 radical (unpaired) electrons. The standard InChI is InChI=1S/C13H21N3/c1-10-4-5-13(16-10)12-9-15-8-6-11(12)3-2-7-14/h6,8-10,13,16H,2-5,7,14H2,1H3. The summed E-state index contributed by atoms with van der Waals surface area (Å²) < 4.78 is 0. The van der Waals surface area contributed by atoms with Crippen molar-refractivity contribution in [3.05, 3.63) is 29.6 Å². The molecule has 2 heterocycles. The Hall–Kier alpha value is -0.930. The summed E-state index contributed by atoms with van der Waals surface area (Å²) in [6, 6.07) is 3.26. The van der Waals surface area contributed by atoms with Gasteiger partial charge in [0.1, 0.15) is 0 Å². The van der Waals surface area contributed by atoms with E-state index in [1.165, 1.54) is 24.0 Å². The molecule has 3 heteroatoms. The maximum Gasteiger partial charge on any atom is 0.0341 e. The van der Waals surface area contributed by atoms with Crippen LogP contribution in [0.15, 0.2) is 18.5 Å². The van der Waals surface area contributed by atoms with E-state index >= 15 is 0 Å². The molecule has 0 aliphatic carbocycles. The van der Waals surface area contributed by atoms with E-state index in [1.54, 1.807) is 0 Å². The van der Waals surface area contributed by atoms with Gasteiger partial charge < -0.3 is 11.1 Å². The summed E-state index contributed by atoms with van der Waals surface area (Å²) >= 11 is 0. The van der Waals surface area contributed by atoms with Crippen molar-refractivity contribution in [2.75, 3.05) is 6.54 Å². The van der Waals surface area contributed by atoms with Gasteiger partial charge in [0, 0.05) is 24.5 Å². The van der Waals surface area contributed by atoms with E-state index in [-0.39, 0.29) is 0 Å². The summed E-state index contributed by atoms with van der Waals surface area (Å²) in [5.74, 6) is 0. The molecule has 16 heavy (non-hydrogen) atoms. The Morgan fingerprint density at radius 2 is 2.38 bits per heavy atom. The van der Waals surface area contributed by atoms with E-state index in [1.807, 2.05) is 12.4 Å². The highest BCUT2D eigenvalue weighted by Gasteiger charge is 2.23. The zero-order valence-corrected chi connectivity index (χ0v) is 9.95. The molecule has 2 unspecified atom stereocenters. The van der Waals surface area contributed by atoms with E-state index < -0.39 is 0 Å². The molecule has 2 rings (SSSR count). The third-order valence-electron chi connectivity index (χ3n) is 3.35. The average Bonchev–Trinajstić information content (AvgIpc) is 2.73. The van der Waals surface area contributed by atoms with Crippen molar-refractivity contribution in [3.8, 4) is 0 Å². The van der Waals surface area contributed by atoms with Gasteiger partial charge in [0.05, 0.1) is 0 Å². The maximum atomic E-state index is 5.57. The molecule has 0 spiro atoms. The maximum absolute atomic E-state index is 5.57. The zero-order valence-electron chi connectivity index (χ0n) is 9.95. The van der Waals surface area contributed by atoms with Crippen LogP contribution in [0.25, 0.3) is 0 Å². The number of hydrogen-bond acceptors (Lipinski definition) is 3. The second kappa shape index (κ2) is 5.41. The SMILES string of the molecule is CC1CCC(c2cnccc2CCCN)N1. The Balaban J connectivity index is 2.12. The highest BCUT2D eigenvalue weighted by Crippen LogP contribution is 2.28. The Morgan fingerprint density at radius 3 is 3.06 bits per heavy atom. The van der Waals surface area contributed by atoms with Gasteiger partial charge in [0.2, 0.25) is 0 Å². The molecule has 0 bridgehead atoms. The Bertz CT molecular complexity index is 338. The summed E-state index contributed by atoms with van der Waals surface area (Å²) in [5, 5.41) is 3.62. The van der Waals surface area contributed by atoms with Crippen LogP contribution in [0.4, 0.5) is 0 Å². The highest BCUT2D eigenvalue weighted by molar-refractivity contribution is 5.27. The number of aromatic nitrogens is 1. The number of rotatable bonds is 4. The molecule has 3 nitrogen and oxygen atoms in total. The molecule has 1 aliphatic heterocycles. The van der Waals surface area contributed by atoms with Gasteiger partial charge >= 0.3 is 0 Å². The van der Waals surface area contributed by atoms with E-state index in [0.717, 1.165) is 19.4 Å². The predicted molar refractivity (Wildman–Crippen MR) is 66.2 cm³/mol. The van der Waals surface area contributed by atoms with Gasteiger partial charge in [-0.2, -0.15) is 0 Å². The first-order chi connectivity index (χ1) is 7.81. The first kappa shape index (κ1) is 11.6. The third-order valence-corrected chi connectivity index (χ3v) is 3.35. The van der Waals surface area contributed by atoms with Crippen molar-refractivity contribution >= 4 is 0 Å². The summed E-state index contributed by atoms with van der Waals surface area (Å²) in [7, 11) is 0. The molecule has 0 saturated carbocycles. The van der Waals surface area contributed by atoms with Gasteiger partial charge in [-0.25, -0.2) is 0 Å². The number of hydrogen-bond donors (Lipinski definition) is 2. The predicted octanol–water partition coefficient (Wildman–Crippen LogP) is 1.79. The first-order valence-electron chi connectivity index (χ1n) is 6.20. The summed E-state index contributed by atoms with van der Waals surface area (Å²) in [5.41, 5.74) is 8.36. The number of pyridine rings is 1. The minimum atomic E-state index is 0.497. The third kappa shape index (κ3) is 2.60. The van der Waals surface area contributed by atoms with E-state index in [2.05, 4.69) is 23.3 Å². The van der Waals surface area contributed by atoms with Crippen LogP contribution in [0.3, 0.4) is 0 Å². The second-order valence-corrected chi connectivity index (χ2v) is 4.66. The molecule has 88 valence electrons.